The molecule has 16 heavy (non-hydrogen) atoms. The molecular formula is C11H18N2O3. The van der Waals surface area contributed by atoms with Crippen LogP contribution in [0.25, 0.3) is 0 Å². The quantitative estimate of drug-likeness (QED) is 0.650. The Balaban J connectivity index is 1.84. The van der Waals surface area contributed by atoms with E-state index in [0.717, 1.165) is 19.3 Å². The molecule has 90 valence electrons. The Kier molecular flexibility index (Phi) is 3.43. The van der Waals surface area contributed by atoms with Gasteiger partial charge in [0.05, 0.1) is 13.2 Å². The van der Waals surface area contributed by atoms with E-state index in [2.05, 4.69) is 0 Å². The van der Waals surface area contributed by atoms with E-state index in [4.69, 9.17) is 4.84 Å². The summed E-state index contributed by atoms with van der Waals surface area (Å²) in [7, 11) is 0. The number of hydrogen-bond donors (Lipinski definition) is 0. The van der Waals surface area contributed by atoms with E-state index in [9.17, 15) is 9.59 Å². The molecule has 0 aromatic heterocycles. The van der Waals surface area contributed by atoms with Gasteiger partial charge in [0.2, 0.25) is 11.8 Å². The largest absolute Gasteiger partial charge is 0.343 e. The summed E-state index contributed by atoms with van der Waals surface area (Å²) in [5, 5.41) is 1.49. The Morgan fingerprint density at radius 3 is 2.38 bits per heavy atom. The predicted molar refractivity (Wildman–Crippen MR) is 57.3 cm³/mol. The van der Waals surface area contributed by atoms with Crippen molar-refractivity contribution in [3.05, 3.63) is 0 Å². The molecule has 2 aliphatic heterocycles. The van der Waals surface area contributed by atoms with Gasteiger partial charge in [-0.05, 0) is 19.3 Å². The molecule has 0 aromatic carbocycles. The van der Waals surface area contributed by atoms with Gasteiger partial charge in [-0.2, -0.15) is 0 Å². The van der Waals surface area contributed by atoms with Gasteiger partial charge in [-0.15, -0.1) is 0 Å². The van der Waals surface area contributed by atoms with E-state index in [1.54, 1.807) is 11.8 Å². The third-order valence-corrected chi connectivity index (χ3v) is 3.29. The number of hydroxylamine groups is 2. The highest BCUT2D eigenvalue weighted by Gasteiger charge is 2.31. The highest BCUT2D eigenvalue weighted by Crippen LogP contribution is 2.21. The third-order valence-electron chi connectivity index (χ3n) is 3.29. The maximum atomic E-state index is 12.0. The minimum absolute atomic E-state index is 0.0358. The van der Waals surface area contributed by atoms with Crippen LogP contribution in [0.2, 0.25) is 0 Å². The molecule has 0 saturated carbocycles. The molecule has 5 nitrogen and oxygen atoms in total. The Hall–Kier alpha value is -1.10. The third kappa shape index (κ3) is 2.35. The molecule has 2 amide bonds. The monoisotopic (exact) mass is 226 g/mol. The first kappa shape index (κ1) is 11.4. The summed E-state index contributed by atoms with van der Waals surface area (Å²) in [5.74, 6) is 0.234. The number of amides is 2. The van der Waals surface area contributed by atoms with E-state index in [1.165, 1.54) is 5.06 Å². The van der Waals surface area contributed by atoms with Gasteiger partial charge in [0.15, 0.2) is 0 Å². The Morgan fingerprint density at radius 2 is 1.88 bits per heavy atom. The zero-order chi connectivity index (χ0) is 11.5. The van der Waals surface area contributed by atoms with Crippen LogP contribution in [0.3, 0.4) is 0 Å². The van der Waals surface area contributed by atoms with Crippen LogP contribution >= 0.6 is 0 Å². The number of carbonyl (C=O) groups is 2. The molecule has 2 fully saturated rings. The molecule has 0 bridgehead atoms. The molecule has 0 aromatic rings. The van der Waals surface area contributed by atoms with Crippen molar-refractivity contribution in [2.24, 2.45) is 5.92 Å². The SMILES string of the molecule is CC(=O)N1CCC(C(=O)N2CCCO2)CC1. The van der Waals surface area contributed by atoms with Crippen molar-refractivity contribution in [3.63, 3.8) is 0 Å². The lowest BCUT2D eigenvalue weighted by atomic mass is 9.96. The second-order valence-electron chi connectivity index (χ2n) is 4.41. The van der Waals surface area contributed by atoms with Gasteiger partial charge in [-0.1, -0.05) is 0 Å². The first-order valence-electron chi connectivity index (χ1n) is 5.88. The number of hydrogen-bond acceptors (Lipinski definition) is 3. The fourth-order valence-corrected chi connectivity index (χ4v) is 2.27. The molecule has 0 N–H and O–H groups in total. The molecule has 0 spiro atoms. The highest BCUT2D eigenvalue weighted by molar-refractivity contribution is 5.79. The van der Waals surface area contributed by atoms with E-state index in [0.29, 0.717) is 26.2 Å². The first-order chi connectivity index (χ1) is 7.68. The van der Waals surface area contributed by atoms with Crippen molar-refractivity contribution in [1.82, 2.24) is 9.96 Å². The predicted octanol–water partition coefficient (Wildman–Crippen LogP) is 0.409. The standard InChI is InChI=1S/C11H18N2O3/c1-9(14)12-6-3-10(4-7-12)11(15)13-5-2-8-16-13/h10H,2-8H2,1H3. The molecule has 5 heteroatoms. The second kappa shape index (κ2) is 4.82. The number of likely N-dealkylation sites (tertiary alicyclic amines) is 1. The lowest BCUT2D eigenvalue weighted by Gasteiger charge is -2.31. The van der Waals surface area contributed by atoms with Crippen LogP contribution in [0.4, 0.5) is 0 Å². The summed E-state index contributed by atoms with van der Waals surface area (Å²) in [5.41, 5.74) is 0. The molecule has 2 aliphatic rings. The minimum Gasteiger partial charge on any atom is -0.343 e. The maximum Gasteiger partial charge on any atom is 0.249 e. The topological polar surface area (TPSA) is 49.9 Å². The zero-order valence-electron chi connectivity index (χ0n) is 9.65. The van der Waals surface area contributed by atoms with Gasteiger partial charge in [-0.25, -0.2) is 5.06 Å². The van der Waals surface area contributed by atoms with Crippen molar-refractivity contribution in [2.45, 2.75) is 26.2 Å². The molecule has 0 aliphatic carbocycles. The summed E-state index contributed by atoms with van der Waals surface area (Å²) >= 11 is 0. The highest BCUT2D eigenvalue weighted by atomic mass is 16.7. The number of rotatable bonds is 1. The summed E-state index contributed by atoms with van der Waals surface area (Å²) < 4.78 is 0. The lowest BCUT2D eigenvalue weighted by Crippen LogP contribution is -2.42. The van der Waals surface area contributed by atoms with Crippen LogP contribution in [-0.2, 0) is 14.4 Å². The van der Waals surface area contributed by atoms with E-state index in [-0.39, 0.29) is 17.7 Å². The Bertz CT molecular complexity index is 279. The van der Waals surface area contributed by atoms with Crippen molar-refractivity contribution in [2.75, 3.05) is 26.2 Å². The Morgan fingerprint density at radius 1 is 1.19 bits per heavy atom. The number of piperidine rings is 1. The van der Waals surface area contributed by atoms with Crippen LogP contribution in [0, 0.1) is 5.92 Å². The van der Waals surface area contributed by atoms with Crippen molar-refractivity contribution >= 4 is 11.8 Å². The van der Waals surface area contributed by atoms with Crippen molar-refractivity contribution in [3.8, 4) is 0 Å². The maximum absolute atomic E-state index is 12.0. The van der Waals surface area contributed by atoms with Gasteiger partial charge in [-0.3, -0.25) is 14.4 Å². The van der Waals surface area contributed by atoms with Crippen molar-refractivity contribution in [1.29, 1.82) is 0 Å². The summed E-state index contributed by atoms with van der Waals surface area (Å²) in [6.45, 7) is 4.33. The summed E-state index contributed by atoms with van der Waals surface area (Å²) in [4.78, 5) is 30.2. The van der Waals surface area contributed by atoms with E-state index in [1.807, 2.05) is 0 Å². The van der Waals surface area contributed by atoms with Crippen LogP contribution in [0.1, 0.15) is 26.2 Å². The normalized spacial score (nSPS) is 22.6. The fourth-order valence-electron chi connectivity index (χ4n) is 2.27. The molecule has 2 heterocycles. The molecule has 2 saturated heterocycles. The number of nitrogens with zero attached hydrogens (tertiary/aromatic N) is 2. The van der Waals surface area contributed by atoms with Crippen molar-refractivity contribution < 1.29 is 14.4 Å². The van der Waals surface area contributed by atoms with Gasteiger partial charge in [0, 0.05) is 25.9 Å². The zero-order valence-corrected chi connectivity index (χ0v) is 9.65. The molecule has 0 unspecified atom stereocenters. The molecule has 2 rings (SSSR count). The van der Waals surface area contributed by atoms with Crippen LogP contribution < -0.4 is 0 Å². The van der Waals surface area contributed by atoms with Gasteiger partial charge in [0.25, 0.3) is 0 Å². The molecule has 0 atom stereocenters. The van der Waals surface area contributed by atoms with E-state index >= 15 is 0 Å². The average Bonchev–Trinajstić information content (AvgIpc) is 2.81. The van der Waals surface area contributed by atoms with Crippen LogP contribution in [0.5, 0.6) is 0 Å². The average molecular weight is 226 g/mol. The number of carbonyl (C=O) groups excluding carboxylic acids is 2. The fraction of sp³-hybridized carbons (Fsp3) is 0.818. The summed E-state index contributed by atoms with van der Waals surface area (Å²) in [6.07, 6.45) is 2.45. The smallest absolute Gasteiger partial charge is 0.249 e. The van der Waals surface area contributed by atoms with Crippen LogP contribution in [-0.4, -0.2) is 48.0 Å². The first-order valence-corrected chi connectivity index (χ1v) is 5.88. The Labute approximate surface area is 95.3 Å². The summed E-state index contributed by atoms with van der Waals surface area (Å²) in [6, 6.07) is 0. The van der Waals surface area contributed by atoms with Gasteiger partial charge in [0.1, 0.15) is 0 Å². The molecule has 0 radical (unpaired) electrons. The van der Waals surface area contributed by atoms with E-state index < -0.39 is 0 Å². The minimum atomic E-state index is 0.0358. The van der Waals surface area contributed by atoms with Crippen LogP contribution in [0.15, 0.2) is 0 Å². The second-order valence-corrected chi connectivity index (χ2v) is 4.41. The van der Waals surface area contributed by atoms with Gasteiger partial charge >= 0.3 is 0 Å². The molecular weight excluding hydrogens is 208 g/mol. The lowest BCUT2D eigenvalue weighted by molar-refractivity contribution is -0.175. The van der Waals surface area contributed by atoms with Gasteiger partial charge < -0.3 is 4.90 Å².